The average Bonchev–Trinajstić information content (AvgIpc) is 3.11. The van der Waals surface area contributed by atoms with Crippen molar-refractivity contribution in [2.24, 2.45) is 0 Å². The lowest BCUT2D eigenvalue weighted by Crippen LogP contribution is -2.36. The molecule has 1 amide bonds. The summed E-state index contributed by atoms with van der Waals surface area (Å²) < 4.78 is 5.22. The van der Waals surface area contributed by atoms with Crippen molar-refractivity contribution in [3.8, 4) is 0 Å². The minimum absolute atomic E-state index is 0.0478. The van der Waals surface area contributed by atoms with Crippen LogP contribution >= 0.6 is 23.4 Å². The van der Waals surface area contributed by atoms with Gasteiger partial charge in [0.15, 0.2) is 0 Å². The Balaban J connectivity index is 1.59. The second-order valence-corrected chi connectivity index (χ2v) is 6.38. The first kappa shape index (κ1) is 14.4. The number of aromatic nitrogens is 2. The van der Waals surface area contributed by atoms with Gasteiger partial charge in [-0.2, -0.15) is 0 Å². The third-order valence-electron chi connectivity index (χ3n) is 3.34. The minimum atomic E-state index is -0.257. The summed E-state index contributed by atoms with van der Waals surface area (Å²) in [4.78, 5) is 12.1. The number of benzene rings is 1. The molecule has 1 aliphatic rings. The van der Waals surface area contributed by atoms with Crippen LogP contribution in [0.3, 0.4) is 0 Å². The third-order valence-corrected chi connectivity index (χ3v) is 4.39. The van der Waals surface area contributed by atoms with Crippen LogP contribution < -0.4 is 5.32 Å². The molecular formula is C14H14ClN3O2S. The fourth-order valence-corrected chi connectivity index (χ4v) is 2.96. The van der Waals surface area contributed by atoms with E-state index in [9.17, 15) is 4.79 Å². The third kappa shape index (κ3) is 3.39. The van der Waals surface area contributed by atoms with E-state index in [1.54, 1.807) is 6.92 Å². The molecular weight excluding hydrogens is 310 g/mol. The van der Waals surface area contributed by atoms with Crippen molar-refractivity contribution < 1.29 is 9.21 Å². The van der Waals surface area contributed by atoms with Gasteiger partial charge >= 0.3 is 0 Å². The van der Waals surface area contributed by atoms with Gasteiger partial charge in [-0.3, -0.25) is 4.79 Å². The highest BCUT2D eigenvalue weighted by Gasteiger charge is 2.45. The van der Waals surface area contributed by atoms with Crippen molar-refractivity contribution in [2.75, 3.05) is 5.75 Å². The maximum Gasteiger partial charge on any atom is 0.277 e. The van der Waals surface area contributed by atoms with E-state index in [0.29, 0.717) is 16.1 Å². The van der Waals surface area contributed by atoms with Crippen molar-refractivity contribution in [1.29, 1.82) is 0 Å². The van der Waals surface area contributed by atoms with Gasteiger partial charge in [-0.15, -0.1) is 10.2 Å². The molecule has 2 aromatic rings. The molecule has 1 fully saturated rings. The van der Waals surface area contributed by atoms with Crippen molar-refractivity contribution in [3.05, 3.63) is 40.7 Å². The average molecular weight is 324 g/mol. The fraction of sp³-hybridized carbons (Fsp3) is 0.357. The molecule has 0 atom stereocenters. The molecule has 21 heavy (non-hydrogen) atoms. The van der Waals surface area contributed by atoms with Crippen molar-refractivity contribution in [2.45, 2.75) is 30.5 Å². The molecule has 110 valence electrons. The zero-order valence-corrected chi connectivity index (χ0v) is 13.0. The number of nitrogens with zero attached hydrogens (tertiary/aromatic N) is 2. The smallest absolute Gasteiger partial charge is 0.277 e. The predicted octanol–water partition coefficient (Wildman–Crippen LogP) is 2.93. The lowest BCUT2D eigenvalue weighted by molar-refractivity contribution is -0.119. The van der Waals surface area contributed by atoms with Crippen LogP contribution in [0.25, 0.3) is 0 Å². The molecule has 1 aromatic heterocycles. The molecule has 0 unspecified atom stereocenters. The lowest BCUT2D eigenvalue weighted by atomic mass is 10.1. The van der Waals surface area contributed by atoms with Gasteiger partial charge in [-0.25, -0.2) is 0 Å². The summed E-state index contributed by atoms with van der Waals surface area (Å²) in [6, 6.07) is 7.63. The highest BCUT2D eigenvalue weighted by Crippen LogP contribution is 2.46. The maximum atomic E-state index is 12.1. The van der Waals surface area contributed by atoms with E-state index < -0.39 is 0 Å². The van der Waals surface area contributed by atoms with E-state index in [4.69, 9.17) is 16.0 Å². The molecule has 1 saturated carbocycles. The van der Waals surface area contributed by atoms with E-state index >= 15 is 0 Å². The van der Waals surface area contributed by atoms with E-state index in [0.717, 1.165) is 18.4 Å². The van der Waals surface area contributed by atoms with Gasteiger partial charge in [-0.1, -0.05) is 35.5 Å². The molecule has 0 saturated heterocycles. The van der Waals surface area contributed by atoms with E-state index in [1.807, 2.05) is 24.3 Å². The Hall–Kier alpha value is -1.53. The minimum Gasteiger partial charge on any atom is -0.416 e. The monoisotopic (exact) mass is 323 g/mol. The number of aryl methyl sites for hydroxylation is 1. The van der Waals surface area contributed by atoms with E-state index in [2.05, 4.69) is 15.5 Å². The van der Waals surface area contributed by atoms with Crippen molar-refractivity contribution in [3.63, 3.8) is 0 Å². The number of rotatable bonds is 5. The van der Waals surface area contributed by atoms with Crippen LogP contribution in [0.5, 0.6) is 0 Å². The Morgan fingerprint density at radius 1 is 1.48 bits per heavy atom. The van der Waals surface area contributed by atoms with Gasteiger partial charge < -0.3 is 9.73 Å². The first-order chi connectivity index (χ1) is 10.1. The van der Waals surface area contributed by atoms with Gasteiger partial charge in [0.25, 0.3) is 5.22 Å². The zero-order valence-electron chi connectivity index (χ0n) is 11.4. The standard InChI is InChI=1S/C14H14ClN3O2S/c1-9-17-18-13(20-9)21-8-12(19)16-14(5-6-14)10-3-2-4-11(15)7-10/h2-4,7H,5-6,8H2,1H3,(H,16,19). The van der Waals surface area contributed by atoms with Crippen LogP contribution in [0.4, 0.5) is 0 Å². The van der Waals surface area contributed by atoms with Crippen molar-refractivity contribution in [1.82, 2.24) is 15.5 Å². The lowest BCUT2D eigenvalue weighted by Gasteiger charge is -2.17. The van der Waals surface area contributed by atoms with Crippen LogP contribution in [-0.2, 0) is 10.3 Å². The summed E-state index contributed by atoms with van der Waals surface area (Å²) in [5.74, 6) is 0.702. The topological polar surface area (TPSA) is 68.0 Å². The second kappa shape index (κ2) is 5.69. The van der Waals surface area contributed by atoms with Crippen LogP contribution in [0.15, 0.2) is 33.9 Å². The number of carbonyl (C=O) groups is 1. The normalized spacial score (nSPS) is 15.7. The van der Waals surface area contributed by atoms with Gasteiger partial charge in [-0.05, 0) is 30.5 Å². The summed E-state index contributed by atoms with van der Waals surface area (Å²) in [5.41, 5.74) is 0.801. The Bertz CT molecular complexity index is 670. The number of amides is 1. The molecule has 0 radical (unpaired) electrons. The largest absolute Gasteiger partial charge is 0.416 e. The molecule has 0 bridgehead atoms. The molecule has 1 aliphatic carbocycles. The predicted molar refractivity (Wildman–Crippen MR) is 80.3 cm³/mol. The van der Waals surface area contributed by atoms with Gasteiger partial charge in [0, 0.05) is 11.9 Å². The number of carbonyl (C=O) groups excluding carboxylic acids is 1. The van der Waals surface area contributed by atoms with Crippen LogP contribution in [0, 0.1) is 6.92 Å². The summed E-state index contributed by atoms with van der Waals surface area (Å²) >= 11 is 7.25. The molecule has 0 aliphatic heterocycles. The van der Waals surface area contributed by atoms with Crippen LogP contribution in [-0.4, -0.2) is 21.9 Å². The van der Waals surface area contributed by atoms with E-state index in [1.165, 1.54) is 11.8 Å². The molecule has 3 rings (SSSR count). The van der Waals surface area contributed by atoms with Gasteiger partial charge in [0.05, 0.1) is 11.3 Å². The highest BCUT2D eigenvalue weighted by molar-refractivity contribution is 7.99. The van der Waals surface area contributed by atoms with Crippen LogP contribution in [0.2, 0.25) is 5.02 Å². The molecule has 5 nitrogen and oxygen atoms in total. The fourth-order valence-electron chi connectivity index (χ4n) is 2.16. The highest BCUT2D eigenvalue weighted by atomic mass is 35.5. The van der Waals surface area contributed by atoms with Crippen molar-refractivity contribution >= 4 is 29.3 Å². The first-order valence-corrected chi connectivity index (χ1v) is 7.94. The number of halogens is 1. The molecule has 1 N–H and O–H groups in total. The quantitative estimate of drug-likeness (QED) is 0.857. The second-order valence-electron chi connectivity index (χ2n) is 5.02. The molecule has 1 aromatic carbocycles. The summed E-state index contributed by atoms with van der Waals surface area (Å²) in [5, 5.41) is 11.7. The van der Waals surface area contributed by atoms with E-state index in [-0.39, 0.29) is 17.2 Å². The summed E-state index contributed by atoms with van der Waals surface area (Å²) in [6.45, 7) is 1.72. The Labute approximate surface area is 131 Å². The molecule has 0 spiro atoms. The number of nitrogens with one attached hydrogen (secondary N) is 1. The van der Waals surface area contributed by atoms with Gasteiger partial charge in [0.1, 0.15) is 0 Å². The number of hydrogen-bond acceptors (Lipinski definition) is 5. The molecule has 7 heteroatoms. The number of hydrogen-bond donors (Lipinski definition) is 1. The Morgan fingerprint density at radius 2 is 2.29 bits per heavy atom. The molecule has 1 heterocycles. The summed E-state index contributed by atoms with van der Waals surface area (Å²) in [6.07, 6.45) is 1.87. The zero-order chi connectivity index (χ0) is 14.9. The SMILES string of the molecule is Cc1nnc(SCC(=O)NC2(c3cccc(Cl)c3)CC2)o1. The maximum absolute atomic E-state index is 12.1. The summed E-state index contributed by atoms with van der Waals surface area (Å²) in [7, 11) is 0. The van der Waals surface area contributed by atoms with Gasteiger partial charge in [0.2, 0.25) is 11.8 Å². The Morgan fingerprint density at radius 3 is 2.90 bits per heavy atom. The first-order valence-electron chi connectivity index (χ1n) is 6.57. The number of thioether (sulfide) groups is 1. The van der Waals surface area contributed by atoms with Crippen LogP contribution in [0.1, 0.15) is 24.3 Å². The Kier molecular flexibility index (Phi) is 3.91.